The van der Waals surface area contributed by atoms with Crippen LogP contribution in [0.2, 0.25) is 0 Å². The van der Waals surface area contributed by atoms with Gasteiger partial charge >= 0.3 is 0 Å². The second kappa shape index (κ2) is 3.63. The molecule has 0 aliphatic carbocycles. The van der Waals surface area contributed by atoms with E-state index in [1.807, 2.05) is 0 Å². The normalized spacial score (nSPS) is 11.5. The van der Waals surface area contributed by atoms with Gasteiger partial charge in [0.1, 0.15) is 4.90 Å². The van der Waals surface area contributed by atoms with Crippen LogP contribution in [0.25, 0.3) is 5.69 Å². The molecule has 1 heterocycles. The fourth-order valence-electron chi connectivity index (χ4n) is 1.19. The van der Waals surface area contributed by atoms with Gasteiger partial charge in [0, 0.05) is 10.7 Å². The Morgan fingerprint density at radius 2 is 2.00 bits per heavy atom. The highest BCUT2D eigenvalue weighted by Crippen LogP contribution is 2.22. The van der Waals surface area contributed by atoms with Crippen LogP contribution in [0.5, 0.6) is 0 Å². The summed E-state index contributed by atoms with van der Waals surface area (Å²) in [6.45, 7) is 0. The van der Waals surface area contributed by atoms with Crippen LogP contribution in [0.4, 0.5) is 0 Å². The maximum absolute atomic E-state index is 11.3. The fraction of sp³-hybridized carbons (Fsp3) is 0. The Labute approximate surface area is 90.7 Å². The fourth-order valence-corrected chi connectivity index (χ4v) is 2.23. The van der Waals surface area contributed by atoms with Gasteiger partial charge in [-0.3, -0.25) is 0 Å². The molecule has 78 valence electrons. The molecular formula is C8H6ClN3O2S. The van der Waals surface area contributed by atoms with Crippen molar-refractivity contribution in [3.63, 3.8) is 0 Å². The van der Waals surface area contributed by atoms with Crippen LogP contribution in [-0.2, 0) is 9.05 Å². The predicted molar refractivity (Wildman–Crippen MR) is 54.4 cm³/mol. The number of rotatable bonds is 2. The van der Waals surface area contributed by atoms with Crippen LogP contribution in [0.1, 0.15) is 0 Å². The lowest BCUT2D eigenvalue weighted by molar-refractivity contribution is 0.608. The molecule has 0 N–H and O–H groups in total. The van der Waals surface area contributed by atoms with Crippen molar-refractivity contribution in [3.05, 3.63) is 36.7 Å². The lowest BCUT2D eigenvalue weighted by Gasteiger charge is -2.04. The molecule has 0 atom stereocenters. The van der Waals surface area contributed by atoms with Gasteiger partial charge in [0.2, 0.25) is 0 Å². The summed E-state index contributed by atoms with van der Waals surface area (Å²) >= 11 is 0. The molecule has 0 saturated heterocycles. The summed E-state index contributed by atoms with van der Waals surface area (Å²) in [4.78, 5) is 0.0113. The predicted octanol–water partition coefficient (Wildman–Crippen LogP) is 1.19. The zero-order valence-electron chi connectivity index (χ0n) is 7.41. The molecule has 5 nitrogen and oxygen atoms in total. The number of nitrogens with zero attached hydrogens (tertiary/aromatic N) is 3. The molecule has 0 radical (unpaired) electrons. The molecule has 1 aromatic carbocycles. The zero-order valence-corrected chi connectivity index (χ0v) is 8.98. The third kappa shape index (κ3) is 2.00. The van der Waals surface area contributed by atoms with Gasteiger partial charge in [0.15, 0.2) is 0 Å². The maximum Gasteiger partial charge on any atom is 0.263 e. The smallest absolute Gasteiger partial charge is 0.219 e. The van der Waals surface area contributed by atoms with Crippen LogP contribution < -0.4 is 0 Å². The third-order valence-electron chi connectivity index (χ3n) is 1.80. The monoisotopic (exact) mass is 243 g/mol. The Bertz CT molecular complexity index is 565. The van der Waals surface area contributed by atoms with Gasteiger partial charge in [0.05, 0.1) is 18.1 Å². The summed E-state index contributed by atoms with van der Waals surface area (Å²) in [6.07, 6.45) is 3.00. The van der Waals surface area contributed by atoms with Gasteiger partial charge in [-0.25, -0.2) is 13.1 Å². The zero-order chi connectivity index (χ0) is 10.9. The van der Waals surface area contributed by atoms with Gasteiger partial charge in [-0.1, -0.05) is 17.3 Å². The van der Waals surface area contributed by atoms with Gasteiger partial charge in [-0.05, 0) is 12.1 Å². The minimum Gasteiger partial charge on any atom is -0.219 e. The van der Waals surface area contributed by atoms with Crippen molar-refractivity contribution < 1.29 is 8.42 Å². The van der Waals surface area contributed by atoms with Crippen molar-refractivity contribution >= 4 is 19.7 Å². The lowest BCUT2D eigenvalue weighted by atomic mass is 10.3. The van der Waals surface area contributed by atoms with E-state index in [4.69, 9.17) is 10.7 Å². The van der Waals surface area contributed by atoms with Gasteiger partial charge in [-0.15, -0.1) is 5.10 Å². The highest BCUT2D eigenvalue weighted by molar-refractivity contribution is 8.13. The number of halogens is 1. The van der Waals surface area contributed by atoms with Crippen LogP contribution in [0.15, 0.2) is 41.6 Å². The average molecular weight is 244 g/mol. The molecule has 0 bridgehead atoms. The first kappa shape index (κ1) is 10.1. The Morgan fingerprint density at radius 1 is 1.27 bits per heavy atom. The van der Waals surface area contributed by atoms with Crippen molar-refractivity contribution in [2.24, 2.45) is 0 Å². The minimum absolute atomic E-state index is 0.0113. The summed E-state index contributed by atoms with van der Waals surface area (Å²) in [5.74, 6) is 0. The van der Waals surface area contributed by atoms with Crippen LogP contribution >= 0.6 is 10.7 Å². The van der Waals surface area contributed by atoms with Crippen molar-refractivity contribution in [2.75, 3.05) is 0 Å². The van der Waals surface area contributed by atoms with Crippen molar-refractivity contribution in [3.8, 4) is 5.69 Å². The molecule has 0 unspecified atom stereocenters. The van der Waals surface area contributed by atoms with E-state index in [1.165, 1.54) is 16.9 Å². The summed E-state index contributed by atoms with van der Waals surface area (Å²) in [7, 11) is 1.52. The molecule has 0 amide bonds. The molecule has 7 heteroatoms. The minimum atomic E-state index is -3.78. The highest BCUT2D eigenvalue weighted by atomic mass is 35.7. The first-order valence-corrected chi connectivity index (χ1v) is 6.30. The van der Waals surface area contributed by atoms with E-state index in [0.717, 1.165) is 0 Å². The molecule has 1 aromatic heterocycles. The lowest BCUT2D eigenvalue weighted by Crippen LogP contribution is -2.02. The molecule has 0 aliphatic heterocycles. The quantitative estimate of drug-likeness (QED) is 0.744. The Morgan fingerprint density at radius 3 is 2.60 bits per heavy atom. The van der Waals surface area contributed by atoms with Crippen LogP contribution in [0, 0.1) is 0 Å². The average Bonchev–Trinajstić information content (AvgIpc) is 2.69. The van der Waals surface area contributed by atoms with Gasteiger partial charge in [0.25, 0.3) is 9.05 Å². The summed E-state index contributed by atoms with van der Waals surface area (Å²) in [5, 5.41) is 7.30. The summed E-state index contributed by atoms with van der Waals surface area (Å²) in [5.41, 5.74) is 0.380. The Balaban J connectivity index is 2.68. The second-order valence-corrected chi connectivity index (χ2v) is 5.29. The number of hydrogen-bond donors (Lipinski definition) is 0. The van der Waals surface area contributed by atoms with E-state index in [0.29, 0.717) is 5.69 Å². The van der Waals surface area contributed by atoms with E-state index in [2.05, 4.69) is 10.3 Å². The molecule has 2 rings (SSSR count). The van der Waals surface area contributed by atoms with Crippen molar-refractivity contribution in [1.29, 1.82) is 0 Å². The van der Waals surface area contributed by atoms with E-state index in [9.17, 15) is 8.42 Å². The number of aromatic nitrogens is 3. The maximum atomic E-state index is 11.3. The van der Waals surface area contributed by atoms with Crippen LogP contribution in [0.3, 0.4) is 0 Å². The molecule has 0 aliphatic rings. The molecule has 0 saturated carbocycles. The molecule has 0 spiro atoms. The van der Waals surface area contributed by atoms with E-state index in [1.54, 1.807) is 24.4 Å². The second-order valence-electron chi connectivity index (χ2n) is 2.75. The number of benzene rings is 1. The topological polar surface area (TPSA) is 64.8 Å². The van der Waals surface area contributed by atoms with Crippen LogP contribution in [-0.4, -0.2) is 23.4 Å². The van der Waals surface area contributed by atoms with E-state index < -0.39 is 9.05 Å². The largest absolute Gasteiger partial charge is 0.263 e. The first-order chi connectivity index (χ1) is 7.09. The molecular weight excluding hydrogens is 238 g/mol. The third-order valence-corrected chi connectivity index (χ3v) is 3.17. The Hall–Kier alpha value is -1.40. The standard InChI is InChI=1S/C8H6ClN3O2S/c9-15(13,14)8-4-2-1-3-7(8)12-6-5-10-11-12/h1-6H. The number of para-hydroxylation sites is 1. The SMILES string of the molecule is O=S(=O)(Cl)c1ccccc1-n1ccnn1. The van der Waals surface area contributed by atoms with Crippen molar-refractivity contribution in [2.45, 2.75) is 4.90 Å². The molecule has 2 aromatic rings. The van der Waals surface area contributed by atoms with Crippen molar-refractivity contribution in [1.82, 2.24) is 15.0 Å². The summed E-state index contributed by atoms with van der Waals surface area (Å²) in [6, 6.07) is 6.31. The molecule has 0 fully saturated rings. The van der Waals surface area contributed by atoms with Gasteiger partial charge in [-0.2, -0.15) is 0 Å². The summed E-state index contributed by atoms with van der Waals surface area (Å²) < 4.78 is 23.8. The van der Waals surface area contributed by atoms with Gasteiger partial charge < -0.3 is 0 Å². The van der Waals surface area contributed by atoms with E-state index >= 15 is 0 Å². The Kier molecular flexibility index (Phi) is 2.45. The van der Waals surface area contributed by atoms with E-state index in [-0.39, 0.29) is 4.90 Å². The molecule has 15 heavy (non-hydrogen) atoms. The first-order valence-electron chi connectivity index (χ1n) is 3.99. The highest BCUT2D eigenvalue weighted by Gasteiger charge is 2.16. The number of hydrogen-bond acceptors (Lipinski definition) is 4.